The molecule has 0 radical (unpaired) electrons. The fourth-order valence-corrected chi connectivity index (χ4v) is 6.00. The highest BCUT2D eigenvalue weighted by Gasteiger charge is 2.36. The van der Waals surface area contributed by atoms with Crippen LogP contribution in [-0.4, -0.2) is 91.7 Å². The van der Waals surface area contributed by atoms with Gasteiger partial charge in [-0.25, -0.2) is 4.79 Å². The number of benzene rings is 3. The van der Waals surface area contributed by atoms with Crippen molar-refractivity contribution >= 4 is 17.9 Å². The molecular weight excluding hydrogens is 540 g/mol. The Morgan fingerprint density at radius 1 is 0.884 bits per heavy atom. The van der Waals surface area contributed by atoms with Crippen LogP contribution in [0.4, 0.5) is 4.79 Å². The van der Waals surface area contributed by atoms with Crippen LogP contribution in [0.25, 0.3) is 0 Å². The summed E-state index contributed by atoms with van der Waals surface area (Å²) < 4.78 is 6.48. The van der Waals surface area contributed by atoms with Gasteiger partial charge in [-0.3, -0.25) is 19.4 Å². The van der Waals surface area contributed by atoms with E-state index in [0.29, 0.717) is 28.7 Å². The minimum Gasteiger partial charge on any atom is -0.446 e. The summed E-state index contributed by atoms with van der Waals surface area (Å²) in [5.74, 6) is -0.428. The molecule has 1 N–H and O–H groups in total. The molecule has 8 heteroatoms. The highest BCUT2D eigenvalue weighted by Crippen LogP contribution is 2.24. The van der Waals surface area contributed by atoms with E-state index in [9.17, 15) is 14.4 Å². The number of hydrogen-bond donors (Lipinski definition) is 1. The second kappa shape index (κ2) is 13.4. The summed E-state index contributed by atoms with van der Waals surface area (Å²) in [6.07, 6.45) is 0.987. The van der Waals surface area contributed by atoms with E-state index in [-0.39, 0.29) is 24.0 Å². The van der Waals surface area contributed by atoms with Gasteiger partial charge < -0.3 is 14.5 Å². The maximum Gasteiger partial charge on any atom is 0.408 e. The molecule has 1 fully saturated rings. The molecule has 0 spiro atoms. The number of hydrogen-bond acceptors (Lipinski definition) is 5. The largest absolute Gasteiger partial charge is 0.446 e. The lowest BCUT2D eigenvalue weighted by atomic mass is 9.99. The number of fused-ring (bicyclic) bond motifs is 1. The van der Waals surface area contributed by atoms with Gasteiger partial charge in [0.2, 0.25) is 0 Å². The van der Waals surface area contributed by atoms with Gasteiger partial charge in [-0.05, 0) is 41.7 Å². The Bertz CT molecular complexity index is 1370. The number of likely N-dealkylation sites (N-methyl/N-ethyl adjacent to an activating group) is 1. The zero-order valence-corrected chi connectivity index (χ0v) is 25.1. The maximum absolute atomic E-state index is 12.9. The summed E-state index contributed by atoms with van der Waals surface area (Å²) >= 11 is 0. The van der Waals surface area contributed by atoms with Gasteiger partial charge in [0.25, 0.3) is 11.8 Å². The van der Waals surface area contributed by atoms with Gasteiger partial charge in [0.15, 0.2) is 0 Å². The molecule has 5 rings (SSSR count). The van der Waals surface area contributed by atoms with E-state index in [1.165, 1.54) is 4.90 Å². The molecule has 0 aromatic heterocycles. The Kier molecular flexibility index (Phi) is 9.38. The summed E-state index contributed by atoms with van der Waals surface area (Å²) in [6.45, 7) is 8.48. The number of carbonyl (C=O) groups is 3. The lowest BCUT2D eigenvalue weighted by molar-refractivity contribution is -0.884. The van der Waals surface area contributed by atoms with Gasteiger partial charge in [-0.1, -0.05) is 79.4 Å². The second-order valence-electron chi connectivity index (χ2n) is 12.2. The lowest BCUT2D eigenvalue weighted by Gasteiger charge is -2.35. The van der Waals surface area contributed by atoms with Gasteiger partial charge in [0.05, 0.1) is 44.4 Å². The quantitative estimate of drug-likeness (QED) is 0.198. The summed E-state index contributed by atoms with van der Waals surface area (Å²) in [5, 5.41) is 3.07. The maximum atomic E-state index is 12.9. The van der Waals surface area contributed by atoms with Crippen LogP contribution in [0.2, 0.25) is 0 Å². The number of imide groups is 1. The van der Waals surface area contributed by atoms with Gasteiger partial charge in [0, 0.05) is 19.6 Å². The van der Waals surface area contributed by atoms with Gasteiger partial charge in [0.1, 0.15) is 12.6 Å². The Balaban J connectivity index is 1.05. The smallest absolute Gasteiger partial charge is 0.408 e. The van der Waals surface area contributed by atoms with Crippen molar-refractivity contribution in [1.29, 1.82) is 0 Å². The Labute approximate surface area is 254 Å². The highest BCUT2D eigenvalue weighted by atomic mass is 16.6. The summed E-state index contributed by atoms with van der Waals surface area (Å²) in [7, 11) is 4.19. The van der Waals surface area contributed by atoms with Crippen LogP contribution in [0, 0.1) is 0 Å². The zero-order chi connectivity index (χ0) is 30.4. The fourth-order valence-electron chi connectivity index (χ4n) is 6.00. The van der Waals surface area contributed by atoms with E-state index >= 15 is 0 Å². The molecule has 3 aromatic rings. The van der Waals surface area contributed by atoms with Crippen LogP contribution in [0.5, 0.6) is 0 Å². The van der Waals surface area contributed by atoms with Gasteiger partial charge >= 0.3 is 6.09 Å². The van der Waals surface area contributed by atoms with E-state index in [4.69, 9.17) is 4.74 Å². The first-order valence-electron chi connectivity index (χ1n) is 14.9. The van der Waals surface area contributed by atoms with E-state index in [1.807, 2.05) is 60.7 Å². The van der Waals surface area contributed by atoms with Crippen molar-refractivity contribution in [2.45, 2.75) is 25.0 Å². The summed E-state index contributed by atoms with van der Waals surface area (Å²) in [4.78, 5) is 42.1. The first-order valence-corrected chi connectivity index (χ1v) is 14.9. The zero-order valence-electron chi connectivity index (χ0n) is 25.1. The van der Waals surface area contributed by atoms with Crippen LogP contribution < -0.4 is 5.32 Å². The second-order valence-corrected chi connectivity index (χ2v) is 12.2. The number of quaternary nitrogens is 1. The van der Waals surface area contributed by atoms with Crippen LogP contribution in [0.15, 0.2) is 97.1 Å². The highest BCUT2D eigenvalue weighted by molar-refractivity contribution is 6.21. The number of ether oxygens (including phenoxy) is 1. The predicted octanol–water partition coefficient (Wildman–Crippen LogP) is 4.90. The van der Waals surface area contributed by atoms with Crippen molar-refractivity contribution in [3.05, 3.63) is 119 Å². The van der Waals surface area contributed by atoms with E-state index < -0.39 is 6.09 Å². The van der Waals surface area contributed by atoms with Crippen molar-refractivity contribution in [1.82, 2.24) is 15.1 Å². The molecule has 0 bridgehead atoms. The first kappa shape index (κ1) is 30.2. The standard InChI is InChI=1S/C35H40N4O4/c1-26(25-39(2,3)23-22-38-33(40)30-16-10-11-17-31(30)34(38)41)24-37-20-18-29(19-21-37)43-35(42)36-32(27-12-6-4-7-13-27)28-14-8-5-9-15-28/h4-17,29,32H,1,18-25H2,2-3H3/p+1. The van der Waals surface area contributed by atoms with Crippen molar-refractivity contribution in [3.8, 4) is 0 Å². The molecule has 43 heavy (non-hydrogen) atoms. The van der Waals surface area contributed by atoms with Crippen LogP contribution >= 0.6 is 0 Å². The van der Waals surface area contributed by atoms with Crippen molar-refractivity contribution < 1.29 is 23.6 Å². The van der Waals surface area contributed by atoms with Crippen molar-refractivity contribution in [3.63, 3.8) is 0 Å². The minimum atomic E-state index is -0.405. The summed E-state index contributed by atoms with van der Waals surface area (Å²) in [5.41, 5.74) is 4.07. The average Bonchev–Trinajstić information content (AvgIpc) is 3.25. The molecule has 3 aromatic carbocycles. The number of amides is 3. The molecule has 2 heterocycles. The SMILES string of the molecule is C=C(CN1CCC(OC(=O)NC(c2ccccc2)c2ccccc2)CC1)C[N+](C)(C)CCN1C(=O)c2ccccc2C1=O. The molecule has 8 nitrogen and oxygen atoms in total. The molecule has 0 atom stereocenters. The van der Waals surface area contributed by atoms with Gasteiger partial charge in [-0.2, -0.15) is 0 Å². The number of piperidine rings is 1. The van der Waals surface area contributed by atoms with E-state index in [1.54, 1.807) is 24.3 Å². The fraction of sp³-hybridized carbons (Fsp3) is 0.343. The molecule has 0 aliphatic carbocycles. The molecule has 0 saturated carbocycles. The molecule has 2 aliphatic rings. The van der Waals surface area contributed by atoms with Crippen LogP contribution in [0.3, 0.4) is 0 Å². The number of nitrogens with one attached hydrogen (secondary N) is 1. The number of alkyl carbamates (subject to hydrolysis) is 1. The average molecular weight is 582 g/mol. The van der Waals surface area contributed by atoms with E-state index in [2.05, 4.69) is 30.9 Å². The Morgan fingerprint density at radius 2 is 1.40 bits per heavy atom. The molecule has 3 amide bonds. The van der Waals surface area contributed by atoms with E-state index in [0.717, 1.165) is 55.7 Å². The van der Waals surface area contributed by atoms with Gasteiger partial charge in [-0.15, -0.1) is 0 Å². The molecule has 0 unspecified atom stereocenters. The third-order valence-electron chi connectivity index (χ3n) is 8.24. The molecule has 224 valence electrons. The van der Waals surface area contributed by atoms with Crippen LogP contribution in [0.1, 0.15) is 50.7 Å². The number of likely N-dealkylation sites (tertiary alicyclic amines) is 1. The molecule has 2 aliphatic heterocycles. The summed E-state index contributed by atoms with van der Waals surface area (Å²) in [6, 6.07) is 26.5. The predicted molar refractivity (Wildman–Crippen MR) is 167 cm³/mol. The number of nitrogens with zero attached hydrogens (tertiary/aromatic N) is 3. The molecule has 1 saturated heterocycles. The third-order valence-corrected chi connectivity index (χ3v) is 8.24. The van der Waals surface area contributed by atoms with Crippen LogP contribution in [-0.2, 0) is 4.74 Å². The topological polar surface area (TPSA) is 79.0 Å². The van der Waals surface area contributed by atoms with Crippen molar-refractivity contribution in [2.75, 3.05) is 53.4 Å². The van der Waals surface area contributed by atoms with Crippen molar-refractivity contribution in [2.24, 2.45) is 0 Å². The minimum absolute atomic E-state index is 0.136. The number of carbonyl (C=O) groups excluding carboxylic acids is 3. The number of rotatable bonds is 11. The monoisotopic (exact) mass is 581 g/mol. The Hall–Kier alpha value is -4.27. The third kappa shape index (κ3) is 7.58. The lowest BCUT2D eigenvalue weighted by Crippen LogP contribution is -2.49. The first-order chi connectivity index (χ1) is 20.7. The Morgan fingerprint density at radius 3 is 1.93 bits per heavy atom. The molecular formula is C35H41N4O4+. The normalized spacial score (nSPS) is 15.9.